The molecule has 2 saturated heterocycles. The highest BCUT2D eigenvalue weighted by Gasteiger charge is 2.42. The molecule has 2 aliphatic rings. The Kier molecular flexibility index (Phi) is 7.12. The molecule has 1 aromatic carbocycles. The maximum atomic E-state index is 7.00. The number of thiocarbonyl (C=S) groups is 1. The molecule has 9 heteroatoms. The van der Waals surface area contributed by atoms with Crippen LogP contribution in [0.5, 0.6) is 0 Å². The number of rotatable bonds is 5. The highest BCUT2D eigenvalue weighted by Crippen LogP contribution is 2.45. The van der Waals surface area contributed by atoms with Crippen LogP contribution in [0, 0.1) is 25.7 Å². The van der Waals surface area contributed by atoms with Crippen LogP contribution in [0.4, 0.5) is 11.4 Å². The van der Waals surface area contributed by atoms with Crippen LogP contribution in [0.15, 0.2) is 60.2 Å². The first kappa shape index (κ1) is 26.3. The highest BCUT2D eigenvalue weighted by molar-refractivity contribution is 7.80. The number of hydrogen-bond donors (Lipinski definition) is 1. The van der Waals surface area contributed by atoms with E-state index in [9.17, 15) is 0 Å². The van der Waals surface area contributed by atoms with E-state index in [0.717, 1.165) is 51.7 Å². The average Bonchev–Trinajstić information content (AvgIpc) is 3.61. The first-order chi connectivity index (χ1) is 18.8. The Labute approximate surface area is 244 Å². The van der Waals surface area contributed by atoms with E-state index in [1.807, 2.05) is 29.9 Å². The van der Waals surface area contributed by atoms with Crippen molar-refractivity contribution in [1.29, 1.82) is 0 Å². The van der Waals surface area contributed by atoms with Crippen molar-refractivity contribution >= 4 is 51.6 Å². The maximum Gasteiger partial charge on any atom is 0.193 e. The van der Waals surface area contributed by atoms with E-state index in [-0.39, 0.29) is 12.1 Å². The fourth-order valence-electron chi connectivity index (χ4n) is 6.42. The van der Waals surface area contributed by atoms with Crippen molar-refractivity contribution < 1.29 is 0 Å². The minimum Gasteiger partial charge on any atom is -0.370 e. The summed E-state index contributed by atoms with van der Waals surface area (Å²) in [6.07, 6.45) is 4.95. The SMILES string of the molecule is Cc1cc([C@H]2[C@H](c3ccccn3)NC(=S)N2c2ccc(N3C[C@H](C)C[C@H](C)C3)c(Cl)c2)c(C)n1-c1nccs1. The third-order valence-electron chi connectivity index (χ3n) is 7.92. The largest absolute Gasteiger partial charge is 0.370 e. The van der Waals surface area contributed by atoms with Gasteiger partial charge >= 0.3 is 0 Å². The topological polar surface area (TPSA) is 49.2 Å². The molecule has 0 spiro atoms. The number of nitrogens with one attached hydrogen (secondary N) is 1. The van der Waals surface area contributed by atoms with Gasteiger partial charge in [-0.2, -0.15) is 0 Å². The summed E-state index contributed by atoms with van der Waals surface area (Å²) >= 11 is 14.6. The smallest absolute Gasteiger partial charge is 0.193 e. The van der Waals surface area contributed by atoms with Crippen molar-refractivity contribution in [1.82, 2.24) is 19.9 Å². The van der Waals surface area contributed by atoms with Crippen LogP contribution in [0.25, 0.3) is 5.13 Å². The van der Waals surface area contributed by atoms with Crippen LogP contribution < -0.4 is 15.1 Å². The molecule has 4 atom stereocenters. The van der Waals surface area contributed by atoms with Gasteiger partial charge < -0.3 is 15.1 Å². The number of piperidine rings is 1. The number of hydrogen-bond acceptors (Lipinski definition) is 5. The minimum atomic E-state index is -0.119. The normalized spacial score (nSPS) is 23.4. The van der Waals surface area contributed by atoms with E-state index in [1.165, 1.54) is 12.0 Å². The standard InChI is InChI=1S/C30H33ClN6S2/c1-18-13-19(2)17-35(16-18)26-9-8-22(15-24(26)31)37-28(27(34-29(37)38)25-7-5-6-10-32-25)23-14-20(3)36(21(23)4)30-33-11-12-39-30/h5-12,14-15,18-19,27-28H,13,16-17H2,1-4H3,(H,34,38)/t18-,19+,27-,28-/m0/s1. The van der Waals surface area contributed by atoms with E-state index in [2.05, 4.69) is 82.7 Å². The molecule has 0 bridgehead atoms. The summed E-state index contributed by atoms with van der Waals surface area (Å²) < 4.78 is 2.23. The van der Waals surface area contributed by atoms with Crippen molar-refractivity contribution in [3.8, 4) is 5.13 Å². The molecule has 0 aliphatic carbocycles. The lowest BCUT2D eigenvalue weighted by Gasteiger charge is -2.37. The molecule has 2 fully saturated rings. The fourth-order valence-corrected chi connectivity index (χ4v) is 7.81. The molecular formula is C30H33ClN6S2. The van der Waals surface area contributed by atoms with Crippen LogP contribution in [-0.4, -0.2) is 32.7 Å². The molecule has 3 aromatic heterocycles. The first-order valence-electron chi connectivity index (χ1n) is 13.5. The molecule has 0 unspecified atom stereocenters. The molecule has 0 amide bonds. The molecule has 39 heavy (non-hydrogen) atoms. The lowest BCUT2D eigenvalue weighted by atomic mass is 9.91. The number of halogens is 1. The third-order valence-corrected chi connectivity index (χ3v) is 9.29. The van der Waals surface area contributed by atoms with E-state index in [1.54, 1.807) is 11.3 Å². The minimum absolute atomic E-state index is 0.107. The van der Waals surface area contributed by atoms with Crippen molar-refractivity contribution in [2.75, 3.05) is 22.9 Å². The molecule has 5 heterocycles. The van der Waals surface area contributed by atoms with Crippen LogP contribution in [0.3, 0.4) is 0 Å². The second kappa shape index (κ2) is 10.6. The predicted molar refractivity (Wildman–Crippen MR) is 165 cm³/mol. The number of thiazole rings is 1. The molecule has 6 nitrogen and oxygen atoms in total. The summed E-state index contributed by atoms with van der Waals surface area (Å²) in [6, 6.07) is 14.5. The average molecular weight is 577 g/mol. The second-order valence-corrected chi connectivity index (χ2v) is 12.6. The Morgan fingerprint density at radius 3 is 2.49 bits per heavy atom. The fraction of sp³-hybridized carbons (Fsp3) is 0.367. The van der Waals surface area contributed by atoms with E-state index in [0.29, 0.717) is 16.9 Å². The van der Waals surface area contributed by atoms with Crippen LogP contribution in [-0.2, 0) is 0 Å². The Bertz CT molecular complexity index is 1470. The summed E-state index contributed by atoms with van der Waals surface area (Å²) in [5.41, 5.74) is 6.48. The summed E-state index contributed by atoms with van der Waals surface area (Å²) in [4.78, 5) is 13.9. The Hall–Kier alpha value is -2.94. The molecule has 202 valence electrons. The monoisotopic (exact) mass is 576 g/mol. The van der Waals surface area contributed by atoms with E-state index in [4.69, 9.17) is 28.8 Å². The van der Waals surface area contributed by atoms with Gasteiger partial charge in [-0.05, 0) is 86.3 Å². The lowest BCUT2D eigenvalue weighted by molar-refractivity contribution is 0.357. The molecular weight excluding hydrogens is 544 g/mol. The number of anilines is 2. The quantitative estimate of drug-likeness (QED) is 0.252. The first-order valence-corrected chi connectivity index (χ1v) is 15.1. The van der Waals surface area contributed by atoms with Crippen molar-refractivity contribution in [3.05, 3.63) is 87.9 Å². The van der Waals surface area contributed by atoms with Gasteiger partial charge in [0.2, 0.25) is 0 Å². The van der Waals surface area contributed by atoms with Crippen molar-refractivity contribution in [3.63, 3.8) is 0 Å². The zero-order chi connectivity index (χ0) is 27.3. The van der Waals surface area contributed by atoms with Crippen LogP contribution >= 0.6 is 35.2 Å². The van der Waals surface area contributed by atoms with Gasteiger partial charge in [0.25, 0.3) is 0 Å². The predicted octanol–water partition coefficient (Wildman–Crippen LogP) is 7.26. The molecule has 1 N–H and O–H groups in total. The van der Waals surface area contributed by atoms with Gasteiger partial charge in [0.1, 0.15) is 0 Å². The number of nitrogens with zero attached hydrogens (tertiary/aromatic N) is 5. The van der Waals surface area contributed by atoms with Gasteiger partial charge in [-0.1, -0.05) is 31.5 Å². The maximum absolute atomic E-state index is 7.00. The molecule has 0 radical (unpaired) electrons. The number of aryl methyl sites for hydroxylation is 1. The van der Waals surface area contributed by atoms with E-state index >= 15 is 0 Å². The second-order valence-electron chi connectivity index (χ2n) is 11.0. The third kappa shape index (κ3) is 4.83. The Morgan fingerprint density at radius 2 is 1.82 bits per heavy atom. The van der Waals surface area contributed by atoms with Crippen molar-refractivity contribution in [2.24, 2.45) is 11.8 Å². The zero-order valence-electron chi connectivity index (χ0n) is 22.6. The number of aromatic nitrogens is 3. The number of pyridine rings is 1. The lowest BCUT2D eigenvalue weighted by Crippen LogP contribution is -2.38. The van der Waals surface area contributed by atoms with E-state index < -0.39 is 0 Å². The van der Waals surface area contributed by atoms with Crippen molar-refractivity contribution in [2.45, 2.75) is 46.2 Å². The summed E-state index contributed by atoms with van der Waals surface area (Å²) in [5, 5.41) is 7.98. The van der Waals surface area contributed by atoms with Crippen LogP contribution in [0.1, 0.15) is 55.0 Å². The Morgan fingerprint density at radius 1 is 1.03 bits per heavy atom. The van der Waals surface area contributed by atoms with Gasteiger partial charge in [0.15, 0.2) is 10.2 Å². The molecule has 2 aliphatic heterocycles. The Balaban J connectivity index is 1.43. The highest BCUT2D eigenvalue weighted by atomic mass is 35.5. The molecule has 4 aromatic rings. The summed E-state index contributed by atoms with van der Waals surface area (Å²) in [6.45, 7) is 11.0. The molecule has 6 rings (SSSR count). The zero-order valence-corrected chi connectivity index (χ0v) is 25.0. The van der Waals surface area contributed by atoms with Gasteiger partial charge in [-0.15, -0.1) is 11.3 Å². The van der Waals surface area contributed by atoms with Gasteiger partial charge in [0, 0.05) is 47.9 Å². The molecule has 0 saturated carbocycles. The summed E-state index contributed by atoms with van der Waals surface area (Å²) in [7, 11) is 0. The number of benzene rings is 1. The van der Waals surface area contributed by atoms with Gasteiger partial charge in [-0.25, -0.2) is 4.98 Å². The van der Waals surface area contributed by atoms with Gasteiger partial charge in [-0.3, -0.25) is 9.55 Å². The summed E-state index contributed by atoms with van der Waals surface area (Å²) in [5.74, 6) is 1.30. The van der Waals surface area contributed by atoms with Gasteiger partial charge in [0.05, 0.1) is 28.5 Å². The van der Waals surface area contributed by atoms with Crippen LogP contribution in [0.2, 0.25) is 5.02 Å².